The van der Waals surface area contributed by atoms with E-state index in [1.807, 2.05) is 30.3 Å². The second-order valence-electron chi connectivity index (χ2n) is 7.79. The van der Waals surface area contributed by atoms with Gasteiger partial charge < -0.3 is 14.8 Å². The van der Waals surface area contributed by atoms with Crippen LogP contribution in [0.3, 0.4) is 0 Å². The van der Waals surface area contributed by atoms with Gasteiger partial charge in [0.25, 0.3) is 6.02 Å². The number of para-hydroxylation sites is 1. The number of fused-ring (bicyclic) bond motifs is 3. The number of nitrogens with one attached hydrogen (secondary N) is 1. The zero-order chi connectivity index (χ0) is 20.5. The Hall–Kier alpha value is -2.90. The van der Waals surface area contributed by atoms with Crippen LogP contribution in [-0.4, -0.2) is 74.6 Å². The van der Waals surface area contributed by atoms with Crippen molar-refractivity contribution in [3.05, 3.63) is 59.7 Å². The highest BCUT2D eigenvalue weighted by molar-refractivity contribution is 6.14. The van der Waals surface area contributed by atoms with Crippen LogP contribution in [-0.2, 0) is 4.74 Å². The van der Waals surface area contributed by atoms with Crippen molar-refractivity contribution in [2.24, 2.45) is 9.98 Å². The highest BCUT2D eigenvalue weighted by Crippen LogP contribution is 2.32. The van der Waals surface area contributed by atoms with Gasteiger partial charge in [-0.2, -0.15) is 4.99 Å². The van der Waals surface area contributed by atoms with Gasteiger partial charge in [-0.3, -0.25) is 14.8 Å². The van der Waals surface area contributed by atoms with Crippen LogP contribution in [0.25, 0.3) is 0 Å². The molecule has 7 heteroatoms. The van der Waals surface area contributed by atoms with Crippen molar-refractivity contribution in [2.45, 2.75) is 12.1 Å². The Balaban J connectivity index is 1.39. The van der Waals surface area contributed by atoms with E-state index in [2.05, 4.69) is 33.3 Å². The monoisotopic (exact) mass is 405 g/mol. The van der Waals surface area contributed by atoms with E-state index in [0.717, 1.165) is 55.6 Å². The Labute approximate surface area is 177 Å². The van der Waals surface area contributed by atoms with Gasteiger partial charge in [0.1, 0.15) is 11.6 Å². The minimum atomic E-state index is 0.200. The van der Waals surface area contributed by atoms with Crippen LogP contribution in [0.2, 0.25) is 0 Å². The van der Waals surface area contributed by atoms with E-state index in [9.17, 15) is 0 Å². The molecule has 2 aromatic rings. The topological polar surface area (TPSA) is 61.7 Å². The summed E-state index contributed by atoms with van der Waals surface area (Å²) in [5, 5.41) is 3.54. The summed E-state index contributed by atoms with van der Waals surface area (Å²) >= 11 is 0. The van der Waals surface area contributed by atoms with Crippen molar-refractivity contribution < 1.29 is 9.47 Å². The first kappa shape index (κ1) is 19.1. The van der Waals surface area contributed by atoms with Gasteiger partial charge in [-0.15, -0.1) is 0 Å². The molecule has 3 aliphatic rings. The third-order valence-electron chi connectivity index (χ3n) is 6.09. The Morgan fingerprint density at radius 3 is 2.70 bits per heavy atom. The normalized spacial score (nSPS) is 23.3. The molecule has 2 unspecified atom stereocenters. The lowest BCUT2D eigenvalue weighted by Gasteiger charge is -2.40. The molecule has 7 nitrogen and oxygen atoms in total. The molecule has 1 saturated heterocycles. The number of amidine groups is 2. The Morgan fingerprint density at radius 2 is 1.90 bits per heavy atom. The molecule has 1 N–H and O–H groups in total. The SMILES string of the molecule is COC1=Nc2ccccc2C2=NCC(CN3CCNCC3c3ccc(OC)cc3)N12. The summed E-state index contributed by atoms with van der Waals surface area (Å²) in [7, 11) is 3.39. The third kappa shape index (κ3) is 3.34. The van der Waals surface area contributed by atoms with Gasteiger partial charge in [0.2, 0.25) is 0 Å². The number of rotatable bonds is 4. The molecule has 2 atom stereocenters. The Kier molecular flexibility index (Phi) is 5.14. The lowest BCUT2D eigenvalue weighted by molar-refractivity contribution is 0.135. The summed E-state index contributed by atoms with van der Waals surface area (Å²) in [5.41, 5.74) is 3.29. The number of benzene rings is 2. The van der Waals surface area contributed by atoms with Crippen molar-refractivity contribution in [1.29, 1.82) is 0 Å². The number of piperazine rings is 1. The van der Waals surface area contributed by atoms with E-state index in [4.69, 9.17) is 19.5 Å². The second-order valence-corrected chi connectivity index (χ2v) is 7.79. The largest absolute Gasteiger partial charge is 0.497 e. The van der Waals surface area contributed by atoms with Crippen molar-refractivity contribution >= 4 is 17.5 Å². The number of nitrogens with zero attached hydrogens (tertiary/aromatic N) is 4. The van der Waals surface area contributed by atoms with Crippen molar-refractivity contribution in [3.8, 4) is 5.75 Å². The second kappa shape index (κ2) is 8.08. The van der Waals surface area contributed by atoms with Gasteiger partial charge in [0.05, 0.1) is 32.5 Å². The van der Waals surface area contributed by atoms with Gasteiger partial charge in [-0.25, -0.2) is 0 Å². The van der Waals surface area contributed by atoms with Crippen LogP contribution < -0.4 is 10.1 Å². The first-order valence-electron chi connectivity index (χ1n) is 10.4. The number of methoxy groups -OCH3 is 2. The van der Waals surface area contributed by atoms with E-state index in [1.165, 1.54) is 5.56 Å². The van der Waals surface area contributed by atoms with E-state index in [0.29, 0.717) is 12.1 Å². The molecule has 2 aromatic carbocycles. The van der Waals surface area contributed by atoms with Crippen molar-refractivity contribution in [1.82, 2.24) is 15.1 Å². The van der Waals surface area contributed by atoms with Crippen LogP contribution >= 0.6 is 0 Å². The summed E-state index contributed by atoms with van der Waals surface area (Å²) in [6.07, 6.45) is 0. The Morgan fingerprint density at radius 1 is 1.07 bits per heavy atom. The van der Waals surface area contributed by atoms with E-state index < -0.39 is 0 Å². The maximum atomic E-state index is 5.67. The fourth-order valence-corrected chi connectivity index (χ4v) is 4.58. The number of hydrogen-bond donors (Lipinski definition) is 1. The van der Waals surface area contributed by atoms with Gasteiger partial charge in [-0.1, -0.05) is 24.3 Å². The fraction of sp³-hybridized carbons (Fsp3) is 0.391. The van der Waals surface area contributed by atoms with Crippen LogP contribution in [0.1, 0.15) is 17.2 Å². The van der Waals surface area contributed by atoms with E-state index in [1.54, 1.807) is 14.2 Å². The molecule has 156 valence electrons. The van der Waals surface area contributed by atoms with Crippen LogP contribution in [0.15, 0.2) is 58.5 Å². The van der Waals surface area contributed by atoms with Crippen molar-refractivity contribution in [2.75, 3.05) is 46.9 Å². The van der Waals surface area contributed by atoms with Gasteiger partial charge >= 0.3 is 0 Å². The maximum Gasteiger partial charge on any atom is 0.298 e. The van der Waals surface area contributed by atoms with Crippen LogP contribution in [0.4, 0.5) is 5.69 Å². The van der Waals surface area contributed by atoms with Crippen LogP contribution in [0.5, 0.6) is 5.75 Å². The molecule has 0 bridgehead atoms. The summed E-state index contributed by atoms with van der Waals surface area (Å²) in [6, 6.07) is 17.7. The molecule has 0 aromatic heterocycles. The first-order chi connectivity index (χ1) is 14.8. The smallest absolute Gasteiger partial charge is 0.298 e. The zero-order valence-electron chi connectivity index (χ0n) is 17.4. The summed E-state index contributed by atoms with van der Waals surface area (Å²) < 4.78 is 11.0. The molecule has 0 spiro atoms. The summed E-state index contributed by atoms with van der Waals surface area (Å²) in [5.74, 6) is 1.86. The molecule has 0 radical (unpaired) electrons. The molecule has 0 saturated carbocycles. The molecule has 5 rings (SSSR count). The zero-order valence-corrected chi connectivity index (χ0v) is 17.4. The highest BCUT2D eigenvalue weighted by atomic mass is 16.5. The first-order valence-corrected chi connectivity index (χ1v) is 10.4. The fourth-order valence-electron chi connectivity index (χ4n) is 4.58. The predicted octanol–water partition coefficient (Wildman–Crippen LogP) is 2.42. The molecular formula is C23H27N5O2. The predicted molar refractivity (Wildman–Crippen MR) is 118 cm³/mol. The summed E-state index contributed by atoms with van der Waals surface area (Å²) in [6.45, 7) is 4.55. The minimum absolute atomic E-state index is 0.200. The molecule has 3 aliphatic heterocycles. The summed E-state index contributed by atoms with van der Waals surface area (Å²) in [4.78, 5) is 14.4. The van der Waals surface area contributed by atoms with Gasteiger partial charge in [0.15, 0.2) is 0 Å². The molecular weight excluding hydrogens is 378 g/mol. The lowest BCUT2D eigenvalue weighted by atomic mass is 10.0. The minimum Gasteiger partial charge on any atom is -0.497 e. The van der Waals surface area contributed by atoms with Gasteiger partial charge in [0, 0.05) is 37.8 Å². The highest BCUT2D eigenvalue weighted by Gasteiger charge is 2.39. The number of hydrogen-bond acceptors (Lipinski definition) is 7. The average molecular weight is 406 g/mol. The third-order valence-corrected chi connectivity index (χ3v) is 6.09. The van der Waals surface area contributed by atoms with Crippen LogP contribution in [0, 0.1) is 0 Å². The quantitative estimate of drug-likeness (QED) is 0.847. The standard InChI is InChI=1S/C23H27N5O2/c1-29-18-9-7-16(8-10-18)21-14-24-11-12-27(21)15-17-13-25-22-19-5-3-4-6-20(19)26-23(30-2)28(17)22/h3-10,17,21,24H,11-15H2,1-2H3. The molecule has 30 heavy (non-hydrogen) atoms. The van der Waals surface area contributed by atoms with Gasteiger partial charge in [-0.05, 0) is 29.8 Å². The maximum absolute atomic E-state index is 5.67. The van der Waals surface area contributed by atoms with E-state index >= 15 is 0 Å². The van der Waals surface area contributed by atoms with Crippen molar-refractivity contribution in [3.63, 3.8) is 0 Å². The lowest BCUT2D eigenvalue weighted by Crippen LogP contribution is -2.53. The number of ether oxygens (including phenoxy) is 2. The molecule has 0 amide bonds. The molecule has 1 fully saturated rings. The average Bonchev–Trinajstić information content (AvgIpc) is 3.23. The molecule has 0 aliphatic carbocycles. The Bertz CT molecular complexity index is 972. The molecule has 3 heterocycles. The van der Waals surface area contributed by atoms with E-state index in [-0.39, 0.29) is 6.04 Å². The number of aliphatic imine (C=N–C) groups is 2.